The second-order valence-corrected chi connectivity index (χ2v) is 5.35. The predicted molar refractivity (Wildman–Crippen MR) is 76.1 cm³/mol. The van der Waals surface area contributed by atoms with Crippen molar-refractivity contribution in [2.45, 2.75) is 26.2 Å². The normalized spacial score (nSPS) is 17.1. The van der Waals surface area contributed by atoms with Gasteiger partial charge in [-0.05, 0) is 49.5 Å². The first-order chi connectivity index (χ1) is 9.28. The Morgan fingerprint density at radius 1 is 1.26 bits per heavy atom. The Morgan fingerprint density at radius 3 is 2.58 bits per heavy atom. The van der Waals surface area contributed by atoms with Gasteiger partial charge in [0.2, 0.25) is 0 Å². The van der Waals surface area contributed by atoms with Crippen molar-refractivity contribution >= 4 is 0 Å². The maximum absolute atomic E-state index is 8.61. The molecule has 2 rings (SSSR count). The average Bonchev–Trinajstić information content (AvgIpc) is 2.43. The molecule has 1 aliphatic heterocycles. The monoisotopic (exact) mass is 258 g/mol. The minimum atomic E-state index is 0.465. The lowest BCUT2D eigenvalue weighted by molar-refractivity contribution is 0.160. The highest BCUT2D eigenvalue weighted by Crippen LogP contribution is 2.16. The number of ether oxygens (including phenoxy) is 1. The molecule has 0 bridgehead atoms. The SMILES string of the molecule is CC1CCN(CCOc2ccc(CC#N)cc2)CC1. The zero-order valence-corrected chi connectivity index (χ0v) is 11.6. The van der Waals surface area contributed by atoms with Gasteiger partial charge in [-0.1, -0.05) is 19.1 Å². The number of benzene rings is 1. The van der Waals surface area contributed by atoms with Crippen LogP contribution in [0.1, 0.15) is 25.3 Å². The van der Waals surface area contributed by atoms with Crippen LogP contribution in [0, 0.1) is 17.2 Å². The van der Waals surface area contributed by atoms with Crippen LogP contribution < -0.4 is 4.74 Å². The molecule has 0 spiro atoms. The second-order valence-electron chi connectivity index (χ2n) is 5.35. The van der Waals surface area contributed by atoms with Crippen molar-refractivity contribution in [3.8, 4) is 11.8 Å². The molecule has 1 saturated heterocycles. The number of hydrogen-bond donors (Lipinski definition) is 0. The van der Waals surface area contributed by atoms with Gasteiger partial charge in [-0.3, -0.25) is 4.90 Å². The molecule has 1 aliphatic rings. The van der Waals surface area contributed by atoms with E-state index in [-0.39, 0.29) is 0 Å². The van der Waals surface area contributed by atoms with E-state index in [2.05, 4.69) is 17.9 Å². The maximum atomic E-state index is 8.61. The Hall–Kier alpha value is -1.53. The number of piperidine rings is 1. The minimum absolute atomic E-state index is 0.465. The van der Waals surface area contributed by atoms with E-state index in [1.54, 1.807) is 0 Å². The van der Waals surface area contributed by atoms with Gasteiger partial charge < -0.3 is 4.74 Å². The third kappa shape index (κ3) is 4.57. The highest BCUT2D eigenvalue weighted by Gasteiger charge is 2.14. The summed E-state index contributed by atoms with van der Waals surface area (Å²) >= 11 is 0. The molecule has 102 valence electrons. The van der Waals surface area contributed by atoms with Crippen LogP contribution in [0.2, 0.25) is 0 Å². The standard InChI is InChI=1S/C16H22N2O/c1-14-7-10-18(11-8-14)12-13-19-16-4-2-15(3-5-16)6-9-17/h2-5,14H,6-8,10-13H2,1H3. The lowest BCUT2D eigenvalue weighted by Gasteiger charge is -2.29. The molecule has 1 aromatic carbocycles. The number of likely N-dealkylation sites (tertiary alicyclic amines) is 1. The summed E-state index contributed by atoms with van der Waals surface area (Å²) in [7, 11) is 0. The third-order valence-corrected chi connectivity index (χ3v) is 3.76. The zero-order chi connectivity index (χ0) is 13.5. The van der Waals surface area contributed by atoms with Crippen LogP contribution in [0.3, 0.4) is 0 Å². The van der Waals surface area contributed by atoms with Crippen LogP contribution >= 0.6 is 0 Å². The van der Waals surface area contributed by atoms with Crippen molar-refractivity contribution in [3.63, 3.8) is 0 Å². The molecule has 0 atom stereocenters. The van der Waals surface area contributed by atoms with E-state index in [0.29, 0.717) is 6.42 Å². The summed E-state index contributed by atoms with van der Waals surface area (Å²) in [6.07, 6.45) is 3.08. The van der Waals surface area contributed by atoms with Gasteiger partial charge in [0.05, 0.1) is 12.5 Å². The molecular weight excluding hydrogens is 236 g/mol. The maximum Gasteiger partial charge on any atom is 0.119 e. The van der Waals surface area contributed by atoms with E-state index in [1.807, 2.05) is 24.3 Å². The minimum Gasteiger partial charge on any atom is -0.492 e. The summed E-state index contributed by atoms with van der Waals surface area (Å²) in [6.45, 7) is 6.48. The van der Waals surface area contributed by atoms with E-state index in [0.717, 1.165) is 30.4 Å². The van der Waals surface area contributed by atoms with E-state index >= 15 is 0 Å². The Kier molecular flexibility index (Phi) is 5.23. The van der Waals surface area contributed by atoms with Gasteiger partial charge in [-0.15, -0.1) is 0 Å². The molecule has 0 amide bonds. The summed E-state index contributed by atoms with van der Waals surface area (Å²) in [5.74, 6) is 1.77. The second kappa shape index (κ2) is 7.16. The molecule has 1 aromatic rings. The molecule has 0 unspecified atom stereocenters. The lowest BCUT2D eigenvalue weighted by atomic mass is 9.99. The molecule has 1 heterocycles. The Bertz CT molecular complexity index is 413. The Morgan fingerprint density at radius 2 is 1.95 bits per heavy atom. The fourth-order valence-corrected chi connectivity index (χ4v) is 2.37. The van der Waals surface area contributed by atoms with E-state index in [1.165, 1.54) is 25.9 Å². The highest BCUT2D eigenvalue weighted by atomic mass is 16.5. The van der Waals surface area contributed by atoms with Gasteiger partial charge in [0, 0.05) is 6.54 Å². The third-order valence-electron chi connectivity index (χ3n) is 3.76. The van der Waals surface area contributed by atoms with Crippen molar-refractivity contribution in [2.24, 2.45) is 5.92 Å². The molecule has 0 N–H and O–H groups in total. The molecule has 0 aromatic heterocycles. The quantitative estimate of drug-likeness (QED) is 0.815. The van der Waals surface area contributed by atoms with Gasteiger partial charge in [0.25, 0.3) is 0 Å². The topological polar surface area (TPSA) is 36.3 Å². The number of rotatable bonds is 5. The summed E-state index contributed by atoms with van der Waals surface area (Å²) in [5, 5.41) is 8.61. The zero-order valence-electron chi connectivity index (χ0n) is 11.6. The Labute approximate surface area is 115 Å². The molecule has 19 heavy (non-hydrogen) atoms. The van der Waals surface area contributed by atoms with Crippen LogP contribution in [0.25, 0.3) is 0 Å². The number of hydrogen-bond acceptors (Lipinski definition) is 3. The van der Waals surface area contributed by atoms with E-state index < -0.39 is 0 Å². The molecule has 0 aliphatic carbocycles. The van der Waals surface area contributed by atoms with Gasteiger partial charge >= 0.3 is 0 Å². The average molecular weight is 258 g/mol. The predicted octanol–water partition coefficient (Wildman–Crippen LogP) is 2.86. The van der Waals surface area contributed by atoms with Gasteiger partial charge in [0.1, 0.15) is 12.4 Å². The highest BCUT2D eigenvalue weighted by molar-refractivity contribution is 5.28. The fourth-order valence-electron chi connectivity index (χ4n) is 2.37. The van der Waals surface area contributed by atoms with E-state index in [4.69, 9.17) is 10.00 Å². The summed E-state index contributed by atoms with van der Waals surface area (Å²) < 4.78 is 5.74. The van der Waals surface area contributed by atoms with Crippen molar-refractivity contribution in [1.82, 2.24) is 4.90 Å². The molecule has 3 nitrogen and oxygen atoms in total. The summed E-state index contributed by atoms with van der Waals surface area (Å²) in [4.78, 5) is 2.48. The summed E-state index contributed by atoms with van der Waals surface area (Å²) in [6, 6.07) is 9.96. The first kappa shape index (κ1) is 13.9. The van der Waals surface area contributed by atoms with Crippen LogP contribution in [0.15, 0.2) is 24.3 Å². The first-order valence-corrected chi connectivity index (χ1v) is 7.09. The van der Waals surface area contributed by atoms with Crippen LogP contribution in [-0.2, 0) is 6.42 Å². The lowest BCUT2D eigenvalue weighted by Crippen LogP contribution is -2.35. The van der Waals surface area contributed by atoms with Crippen molar-refractivity contribution in [1.29, 1.82) is 5.26 Å². The fraction of sp³-hybridized carbons (Fsp3) is 0.562. The van der Waals surface area contributed by atoms with Crippen LogP contribution in [0.5, 0.6) is 5.75 Å². The van der Waals surface area contributed by atoms with Gasteiger partial charge in [-0.25, -0.2) is 0 Å². The molecule has 0 radical (unpaired) electrons. The number of nitriles is 1. The molecule has 0 saturated carbocycles. The Balaban J connectivity index is 1.69. The number of nitrogens with zero attached hydrogens (tertiary/aromatic N) is 2. The smallest absolute Gasteiger partial charge is 0.119 e. The van der Waals surface area contributed by atoms with Gasteiger partial charge in [-0.2, -0.15) is 5.26 Å². The van der Waals surface area contributed by atoms with Crippen LogP contribution in [0.4, 0.5) is 0 Å². The largest absolute Gasteiger partial charge is 0.492 e. The molecule has 1 fully saturated rings. The van der Waals surface area contributed by atoms with E-state index in [9.17, 15) is 0 Å². The first-order valence-electron chi connectivity index (χ1n) is 7.09. The molecule has 3 heteroatoms. The van der Waals surface area contributed by atoms with Gasteiger partial charge in [0.15, 0.2) is 0 Å². The van der Waals surface area contributed by atoms with Crippen molar-refractivity contribution < 1.29 is 4.74 Å². The molecular formula is C16H22N2O. The van der Waals surface area contributed by atoms with Crippen molar-refractivity contribution in [2.75, 3.05) is 26.2 Å². The summed E-state index contributed by atoms with van der Waals surface area (Å²) in [5.41, 5.74) is 1.04. The van der Waals surface area contributed by atoms with Crippen molar-refractivity contribution in [3.05, 3.63) is 29.8 Å². The van der Waals surface area contributed by atoms with Crippen LogP contribution in [-0.4, -0.2) is 31.1 Å².